The molecule has 2 aromatic carbocycles. The Morgan fingerprint density at radius 2 is 1.71 bits per heavy atom. The van der Waals surface area contributed by atoms with Gasteiger partial charge in [-0.3, -0.25) is 9.59 Å². The molecule has 2 N–H and O–H groups in total. The summed E-state index contributed by atoms with van der Waals surface area (Å²) in [6.07, 6.45) is 5.27. The van der Waals surface area contributed by atoms with Gasteiger partial charge in [-0.25, -0.2) is 4.98 Å². The van der Waals surface area contributed by atoms with Crippen molar-refractivity contribution in [2.75, 3.05) is 10.6 Å². The average molecular weight is 388 g/mol. The van der Waals surface area contributed by atoms with Crippen LogP contribution < -0.4 is 10.6 Å². The zero-order valence-corrected chi connectivity index (χ0v) is 15.5. The molecule has 2 amide bonds. The zero-order valence-electron chi connectivity index (χ0n) is 14.7. The van der Waals surface area contributed by atoms with Crippen LogP contribution in [-0.2, 0) is 0 Å². The molecule has 4 rings (SSSR count). The van der Waals surface area contributed by atoms with Gasteiger partial charge in [-0.2, -0.15) is 0 Å². The van der Waals surface area contributed by atoms with E-state index in [0.717, 1.165) is 5.69 Å². The Bertz CT molecular complexity index is 1090. The Kier molecular flexibility index (Phi) is 4.99. The van der Waals surface area contributed by atoms with Gasteiger partial charge in [0.15, 0.2) is 0 Å². The van der Waals surface area contributed by atoms with Gasteiger partial charge in [-0.1, -0.05) is 12.1 Å². The topological polar surface area (TPSA) is 76.0 Å². The van der Waals surface area contributed by atoms with Crippen LogP contribution in [0.15, 0.2) is 84.8 Å². The van der Waals surface area contributed by atoms with Crippen molar-refractivity contribution >= 4 is 34.5 Å². The van der Waals surface area contributed by atoms with E-state index in [1.54, 1.807) is 42.9 Å². The molecule has 0 aliphatic rings. The van der Waals surface area contributed by atoms with Gasteiger partial charge in [0.1, 0.15) is 0 Å². The predicted octanol–water partition coefficient (Wildman–Crippen LogP) is 4.44. The minimum absolute atomic E-state index is 0.192. The Morgan fingerprint density at radius 1 is 0.893 bits per heavy atom. The number of nitrogens with one attached hydrogen (secondary N) is 2. The first-order chi connectivity index (χ1) is 13.7. The monoisotopic (exact) mass is 388 g/mol. The fourth-order valence-corrected chi connectivity index (χ4v) is 3.29. The number of hydrogen-bond donors (Lipinski definition) is 2. The van der Waals surface area contributed by atoms with Gasteiger partial charge in [0.25, 0.3) is 11.8 Å². The Balaban J connectivity index is 1.44. The number of nitrogens with zero attached hydrogens (tertiary/aromatic N) is 2. The lowest BCUT2D eigenvalue weighted by molar-refractivity contribution is 0.101. The first-order valence-electron chi connectivity index (χ1n) is 8.54. The van der Waals surface area contributed by atoms with Gasteiger partial charge < -0.3 is 15.2 Å². The molecule has 138 valence electrons. The van der Waals surface area contributed by atoms with E-state index < -0.39 is 0 Å². The van der Waals surface area contributed by atoms with Crippen molar-refractivity contribution < 1.29 is 9.59 Å². The number of rotatable bonds is 5. The van der Waals surface area contributed by atoms with Gasteiger partial charge in [-0.15, -0.1) is 11.3 Å². The molecule has 0 saturated carbocycles. The Labute approximate surface area is 165 Å². The first kappa shape index (κ1) is 17.7. The summed E-state index contributed by atoms with van der Waals surface area (Å²) in [7, 11) is 0. The quantitative estimate of drug-likeness (QED) is 0.531. The number of thiophene rings is 1. The van der Waals surface area contributed by atoms with Crippen LogP contribution in [0.5, 0.6) is 0 Å². The molecular formula is C21H16N4O2S. The second-order valence-electron chi connectivity index (χ2n) is 5.98. The van der Waals surface area contributed by atoms with Gasteiger partial charge in [0, 0.05) is 35.0 Å². The summed E-state index contributed by atoms with van der Waals surface area (Å²) in [5, 5.41) is 7.52. The molecule has 4 aromatic rings. The number of carbonyl (C=O) groups is 2. The molecule has 0 saturated heterocycles. The van der Waals surface area contributed by atoms with E-state index in [2.05, 4.69) is 15.6 Å². The summed E-state index contributed by atoms with van der Waals surface area (Å²) < 4.78 is 1.88. The highest BCUT2D eigenvalue weighted by atomic mass is 32.1. The van der Waals surface area contributed by atoms with Crippen LogP contribution in [0.4, 0.5) is 11.4 Å². The smallest absolute Gasteiger partial charge is 0.265 e. The van der Waals surface area contributed by atoms with Gasteiger partial charge in [0.2, 0.25) is 0 Å². The van der Waals surface area contributed by atoms with E-state index in [4.69, 9.17) is 0 Å². The van der Waals surface area contributed by atoms with Crippen LogP contribution in [0.1, 0.15) is 20.0 Å². The maximum atomic E-state index is 12.6. The lowest BCUT2D eigenvalue weighted by Crippen LogP contribution is -2.14. The minimum Gasteiger partial charge on any atom is -0.322 e. The van der Waals surface area contributed by atoms with E-state index in [1.807, 2.05) is 46.5 Å². The third-order valence-electron chi connectivity index (χ3n) is 4.06. The number of carbonyl (C=O) groups excluding carboxylic acids is 2. The highest BCUT2D eigenvalue weighted by Crippen LogP contribution is 2.17. The molecule has 0 spiro atoms. The number of benzene rings is 2. The fourth-order valence-electron chi connectivity index (χ4n) is 2.67. The molecular weight excluding hydrogens is 372 g/mol. The van der Waals surface area contributed by atoms with Crippen LogP contribution in [0, 0.1) is 0 Å². The summed E-state index contributed by atoms with van der Waals surface area (Å²) in [6.45, 7) is 0. The van der Waals surface area contributed by atoms with Crippen LogP contribution in [-0.4, -0.2) is 21.4 Å². The third kappa shape index (κ3) is 3.99. The summed E-state index contributed by atoms with van der Waals surface area (Å²) in [4.78, 5) is 29.4. The molecule has 0 aliphatic heterocycles. The zero-order chi connectivity index (χ0) is 19.3. The molecule has 2 aromatic heterocycles. The molecule has 0 bridgehead atoms. The van der Waals surface area contributed by atoms with E-state index in [-0.39, 0.29) is 11.8 Å². The first-order valence-corrected chi connectivity index (χ1v) is 9.42. The molecule has 0 atom stereocenters. The number of aromatic nitrogens is 2. The Hall–Kier alpha value is -3.71. The molecule has 0 aliphatic carbocycles. The molecule has 0 fully saturated rings. The highest BCUT2D eigenvalue weighted by Gasteiger charge is 2.10. The second kappa shape index (κ2) is 7.89. The second-order valence-corrected chi connectivity index (χ2v) is 6.93. The summed E-state index contributed by atoms with van der Waals surface area (Å²) >= 11 is 1.37. The van der Waals surface area contributed by atoms with Crippen LogP contribution in [0.25, 0.3) is 5.69 Å². The molecule has 2 heterocycles. The normalized spacial score (nSPS) is 10.4. The number of amides is 2. The van der Waals surface area contributed by atoms with Crippen LogP contribution in [0.3, 0.4) is 0 Å². The number of anilines is 2. The van der Waals surface area contributed by atoms with Crippen molar-refractivity contribution in [3.05, 3.63) is 95.2 Å². The van der Waals surface area contributed by atoms with Crippen molar-refractivity contribution in [2.24, 2.45) is 0 Å². The molecule has 7 heteroatoms. The van der Waals surface area contributed by atoms with Gasteiger partial charge in [0.05, 0.1) is 11.2 Å². The SMILES string of the molecule is O=C(Nc1ccc(-n2ccnc2)cc1)c1cccc(NC(=O)c2cccs2)c1. The average Bonchev–Trinajstić information content (AvgIpc) is 3.43. The van der Waals surface area contributed by atoms with Crippen LogP contribution in [0.2, 0.25) is 0 Å². The van der Waals surface area contributed by atoms with Gasteiger partial charge in [-0.05, 0) is 53.9 Å². The van der Waals surface area contributed by atoms with Crippen molar-refractivity contribution in [3.8, 4) is 5.69 Å². The number of hydrogen-bond acceptors (Lipinski definition) is 4. The highest BCUT2D eigenvalue weighted by molar-refractivity contribution is 7.12. The van der Waals surface area contributed by atoms with Crippen molar-refractivity contribution in [2.45, 2.75) is 0 Å². The van der Waals surface area contributed by atoms with Crippen molar-refractivity contribution in [1.29, 1.82) is 0 Å². The fraction of sp³-hybridized carbons (Fsp3) is 0. The predicted molar refractivity (Wildman–Crippen MR) is 110 cm³/mol. The van der Waals surface area contributed by atoms with E-state index >= 15 is 0 Å². The summed E-state index contributed by atoms with van der Waals surface area (Å²) in [6, 6.07) is 17.9. The largest absolute Gasteiger partial charge is 0.322 e. The lowest BCUT2D eigenvalue weighted by atomic mass is 10.1. The molecule has 0 unspecified atom stereocenters. The maximum absolute atomic E-state index is 12.6. The van der Waals surface area contributed by atoms with Crippen molar-refractivity contribution in [3.63, 3.8) is 0 Å². The van der Waals surface area contributed by atoms with E-state index in [1.165, 1.54) is 11.3 Å². The minimum atomic E-state index is -0.248. The standard InChI is InChI=1S/C21H16N4O2S/c26-20(23-16-6-8-18(9-7-16)25-11-10-22-14-25)15-3-1-4-17(13-15)24-21(27)19-5-2-12-28-19/h1-14H,(H,23,26)(H,24,27). The van der Waals surface area contributed by atoms with E-state index in [0.29, 0.717) is 21.8 Å². The van der Waals surface area contributed by atoms with Crippen molar-refractivity contribution in [1.82, 2.24) is 9.55 Å². The van der Waals surface area contributed by atoms with Gasteiger partial charge >= 0.3 is 0 Å². The summed E-state index contributed by atoms with van der Waals surface area (Å²) in [5.74, 6) is -0.440. The maximum Gasteiger partial charge on any atom is 0.265 e. The molecule has 0 radical (unpaired) electrons. The van der Waals surface area contributed by atoms with Crippen LogP contribution >= 0.6 is 11.3 Å². The third-order valence-corrected chi connectivity index (χ3v) is 4.92. The van der Waals surface area contributed by atoms with E-state index in [9.17, 15) is 9.59 Å². The summed E-state index contributed by atoms with van der Waals surface area (Å²) in [5.41, 5.74) is 2.67. The molecule has 6 nitrogen and oxygen atoms in total. The Morgan fingerprint density at radius 3 is 2.43 bits per heavy atom. The molecule has 28 heavy (non-hydrogen) atoms. The number of imidazole rings is 1. The lowest BCUT2D eigenvalue weighted by Gasteiger charge is -2.09.